The molecule has 6 heteroatoms. The average molecular weight is 265 g/mol. The zero-order valence-corrected chi connectivity index (χ0v) is 11.9. The van der Waals surface area contributed by atoms with E-state index in [2.05, 4.69) is 29.3 Å². The maximum atomic E-state index is 12.3. The third kappa shape index (κ3) is 2.89. The molecule has 1 aliphatic heterocycles. The molecular formula is C13H23N5O. The lowest BCUT2D eigenvalue weighted by Gasteiger charge is -2.35. The summed E-state index contributed by atoms with van der Waals surface area (Å²) in [6, 6.07) is 0.714. The van der Waals surface area contributed by atoms with E-state index in [-0.39, 0.29) is 11.9 Å². The van der Waals surface area contributed by atoms with Crippen molar-refractivity contribution >= 4 is 11.6 Å². The van der Waals surface area contributed by atoms with Crippen LogP contribution in [0.2, 0.25) is 0 Å². The van der Waals surface area contributed by atoms with E-state index in [4.69, 9.17) is 5.73 Å². The molecule has 1 aromatic rings. The van der Waals surface area contributed by atoms with Crippen LogP contribution in [-0.2, 0) is 6.54 Å². The molecule has 1 saturated heterocycles. The molecule has 0 radical (unpaired) electrons. The molecule has 1 aliphatic rings. The number of aryl methyl sites for hydroxylation is 1. The topological polar surface area (TPSA) is 76.2 Å². The number of hydrogen-bond acceptors (Lipinski definition) is 4. The summed E-state index contributed by atoms with van der Waals surface area (Å²) in [5.41, 5.74) is 6.75. The second kappa shape index (κ2) is 5.61. The van der Waals surface area contributed by atoms with Gasteiger partial charge < -0.3 is 16.0 Å². The molecule has 19 heavy (non-hydrogen) atoms. The van der Waals surface area contributed by atoms with Crippen molar-refractivity contribution in [1.82, 2.24) is 20.0 Å². The summed E-state index contributed by atoms with van der Waals surface area (Å²) in [5.74, 6) is -0.112. The van der Waals surface area contributed by atoms with Crippen molar-refractivity contribution in [3.8, 4) is 0 Å². The number of nitrogens with one attached hydrogen (secondary N) is 1. The van der Waals surface area contributed by atoms with Gasteiger partial charge in [-0.25, -0.2) is 0 Å². The molecule has 106 valence electrons. The van der Waals surface area contributed by atoms with Crippen molar-refractivity contribution in [2.75, 3.05) is 19.3 Å². The number of hydrogen-bond donors (Lipinski definition) is 2. The molecule has 2 rings (SSSR count). The maximum absolute atomic E-state index is 12.3. The van der Waals surface area contributed by atoms with Gasteiger partial charge in [-0.05, 0) is 33.7 Å². The van der Waals surface area contributed by atoms with Crippen LogP contribution in [0, 0.1) is 0 Å². The van der Waals surface area contributed by atoms with Gasteiger partial charge in [0.05, 0.1) is 11.9 Å². The first-order chi connectivity index (χ1) is 9.02. The van der Waals surface area contributed by atoms with E-state index in [1.165, 1.54) is 6.20 Å². The summed E-state index contributed by atoms with van der Waals surface area (Å²) >= 11 is 0. The molecule has 1 aromatic heterocycles. The van der Waals surface area contributed by atoms with Crippen molar-refractivity contribution < 1.29 is 4.79 Å². The van der Waals surface area contributed by atoms with Crippen LogP contribution >= 0.6 is 0 Å². The van der Waals surface area contributed by atoms with Crippen LogP contribution in [0.3, 0.4) is 0 Å². The number of nitrogen functional groups attached to an aromatic ring is 1. The van der Waals surface area contributed by atoms with Gasteiger partial charge >= 0.3 is 0 Å². The monoisotopic (exact) mass is 265 g/mol. The molecule has 0 aromatic carbocycles. The summed E-state index contributed by atoms with van der Waals surface area (Å²) in [5, 5.41) is 7.18. The lowest BCUT2D eigenvalue weighted by Crippen LogP contribution is -2.47. The second-order valence-corrected chi connectivity index (χ2v) is 5.29. The Morgan fingerprint density at radius 1 is 1.63 bits per heavy atom. The number of amides is 1. The Balaban J connectivity index is 2.03. The lowest BCUT2D eigenvalue weighted by atomic mass is 9.99. The van der Waals surface area contributed by atoms with E-state index >= 15 is 0 Å². The smallest absolute Gasteiger partial charge is 0.271 e. The van der Waals surface area contributed by atoms with Gasteiger partial charge in [-0.2, -0.15) is 5.10 Å². The van der Waals surface area contributed by atoms with E-state index in [1.54, 1.807) is 4.68 Å². The molecule has 0 saturated carbocycles. The van der Waals surface area contributed by atoms with E-state index in [0.717, 1.165) is 19.4 Å². The maximum Gasteiger partial charge on any atom is 0.271 e. The van der Waals surface area contributed by atoms with Gasteiger partial charge in [-0.3, -0.25) is 9.48 Å². The summed E-state index contributed by atoms with van der Waals surface area (Å²) in [4.78, 5) is 14.6. The quantitative estimate of drug-likeness (QED) is 0.843. The Labute approximate surface area is 113 Å². The van der Waals surface area contributed by atoms with Crippen molar-refractivity contribution in [1.29, 1.82) is 0 Å². The number of piperidine rings is 1. The van der Waals surface area contributed by atoms with Crippen molar-refractivity contribution in [2.45, 2.75) is 45.3 Å². The zero-order valence-electron chi connectivity index (χ0n) is 11.9. The third-order valence-electron chi connectivity index (χ3n) is 3.93. The molecule has 2 atom stereocenters. The van der Waals surface area contributed by atoms with Gasteiger partial charge in [0.2, 0.25) is 0 Å². The average Bonchev–Trinajstić information content (AvgIpc) is 2.75. The fourth-order valence-electron chi connectivity index (χ4n) is 2.56. The lowest BCUT2D eigenvalue weighted by molar-refractivity contribution is 0.0887. The van der Waals surface area contributed by atoms with Gasteiger partial charge in [-0.15, -0.1) is 0 Å². The first-order valence-corrected chi connectivity index (χ1v) is 6.85. The molecule has 0 bridgehead atoms. The molecular weight excluding hydrogens is 242 g/mol. The number of anilines is 1. The van der Waals surface area contributed by atoms with E-state index in [9.17, 15) is 4.79 Å². The second-order valence-electron chi connectivity index (χ2n) is 5.29. The van der Waals surface area contributed by atoms with Gasteiger partial charge in [0.15, 0.2) is 0 Å². The molecule has 1 fully saturated rings. The van der Waals surface area contributed by atoms with Crippen LogP contribution in [0.4, 0.5) is 5.69 Å². The van der Waals surface area contributed by atoms with Crippen LogP contribution in [0.25, 0.3) is 0 Å². The SMILES string of the molecule is CCn1ncc(N)c1C(=O)NC1CCN(C)C(C)C1. The van der Waals surface area contributed by atoms with Crippen LogP contribution in [0.15, 0.2) is 6.20 Å². The Hall–Kier alpha value is -1.56. The van der Waals surface area contributed by atoms with Gasteiger partial charge in [0.25, 0.3) is 5.91 Å². The molecule has 2 unspecified atom stereocenters. The van der Waals surface area contributed by atoms with E-state index in [1.807, 2.05) is 6.92 Å². The fourth-order valence-corrected chi connectivity index (χ4v) is 2.56. The highest BCUT2D eigenvalue weighted by molar-refractivity contribution is 5.97. The largest absolute Gasteiger partial charge is 0.396 e. The fraction of sp³-hybridized carbons (Fsp3) is 0.692. The summed E-state index contributed by atoms with van der Waals surface area (Å²) in [6.07, 6.45) is 3.49. The number of carbonyl (C=O) groups is 1. The Bertz CT molecular complexity index is 456. The highest BCUT2D eigenvalue weighted by atomic mass is 16.2. The Morgan fingerprint density at radius 3 is 3.00 bits per heavy atom. The Kier molecular flexibility index (Phi) is 4.09. The van der Waals surface area contributed by atoms with E-state index in [0.29, 0.717) is 24.0 Å². The van der Waals surface area contributed by atoms with Crippen molar-refractivity contribution in [3.63, 3.8) is 0 Å². The Morgan fingerprint density at radius 2 is 2.37 bits per heavy atom. The van der Waals surface area contributed by atoms with Crippen LogP contribution in [0.1, 0.15) is 37.2 Å². The van der Waals surface area contributed by atoms with Crippen LogP contribution in [-0.4, -0.2) is 46.3 Å². The zero-order chi connectivity index (χ0) is 14.0. The van der Waals surface area contributed by atoms with Crippen LogP contribution < -0.4 is 11.1 Å². The number of likely N-dealkylation sites (tertiary alicyclic amines) is 1. The minimum absolute atomic E-state index is 0.112. The number of aromatic nitrogens is 2. The minimum atomic E-state index is -0.112. The van der Waals surface area contributed by atoms with E-state index < -0.39 is 0 Å². The highest BCUT2D eigenvalue weighted by Gasteiger charge is 2.26. The molecule has 6 nitrogen and oxygen atoms in total. The number of rotatable bonds is 3. The summed E-state index contributed by atoms with van der Waals surface area (Å²) in [7, 11) is 2.12. The summed E-state index contributed by atoms with van der Waals surface area (Å²) in [6.45, 7) is 5.78. The molecule has 1 amide bonds. The first-order valence-electron chi connectivity index (χ1n) is 6.85. The standard InChI is InChI=1S/C13H23N5O/c1-4-18-12(11(14)8-15-18)13(19)16-10-5-6-17(3)9(2)7-10/h8-10H,4-7,14H2,1-3H3,(H,16,19). The minimum Gasteiger partial charge on any atom is -0.396 e. The number of nitrogens with two attached hydrogens (primary N) is 1. The highest BCUT2D eigenvalue weighted by Crippen LogP contribution is 2.17. The van der Waals surface area contributed by atoms with Crippen molar-refractivity contribution in [3.05, 3.63) is 11.9 Å². The first kappa shape index (κ1) is 13.9. The normalized spacial score (nSPS) is 24.4. The van der Waals surface area contributed by atoms with Gasteiger partial charge in [0, 0.05) is 25.2 Å². The molecule has 3 N–H and O–H groups in total. The number of carbonyl (C=O) groups excluding carboxylic acids is 1. The van der Waals surface area contributed by atoms with Gasteiger partial charge in [0.1, 0.15) is 5.69 Å². The molecule has 2 heterocycles. The summed E-state index contributed by atoms with van der Waals surface area (Å²) < 4.78 is 1.64. The third-order valence-corrected chi connectivity index (χ3v) is 3.93. The molecule has 0 spiro atoms. The van der Waals surface area contributed by atoms with Crippen molar-refractivity contribution in [2.24, 2.45) is 0 Å². The van der Waals surface area contributed by atoms with Crippen LogP contribution in [0.5, 0.6) is 0 Å². The number of nitrogens with zero attached hydrogens (tertiary/aromatic N) is 3. The predicted octanol–water partition coefficient (Wildman–Crippen LogP) is 0.698. The van der Waals surface area contributed by atoms with Gasteiger partial charge in [-0.1, -0.05) is 0 Å². The predicted molar refractivity (Wildman–Crippen MR) is 74.9 cm³/mol. The molecule has 0 aliphatic carbocycles.